The molecule has 3 saturated heterocycles. The number of ketones is 2. The highest BCUT2D eigenvalue weighted by atomic mass is 16.1. The van der Waals surface area contributed by atoms with Crippen LogP contribution in [0.5, 0.6) is 0 Å². The van der Waals surface area contributed by atoms with Crippen molar-refractivity contribution in [2.75, 3.05) is 76.3 Å². The SMILES string of the molecule is Cc1cccnc1/C=C/C(=O)/C=C/c1cn2c(N3CCN(C)CC3)cccc2n1.Cc1cccnc1C1CC(=O)CC(c2cn3c(N4CCN(C)CC4)cccc3n2)N1. The van der Waals surface area contributed by atoms with Gasteiger partial charge in [0.05, 0.1) is 34.9 Å². The molecule has 0 aromatic carbocycles. The van der Waals surface area contributed by atoms with Crippen LogP contribution in [0.25, 0.3) is 23.4 Å². The molecule has 304 valence electrons. The average Bonchev–Trinajstić information content (AvgIpc) is 3.88. The highest BCUT2D eigenvalue weighted by Crippen LogP contribution is 2.32. The Morgan fingerprint density at radius 3 is 1.88 bits per heavy atom. The number of likely N-dealkylation sites (N-methyl/N-ethyl adjacent to an activating group) is 2. The molecule has 9 heterocycles. The van der Waals surface area contributed by atoms with Crippen molar-refractivity contribution >= 4 is 46.6 Å². The van der Waals surface area contributed by atoms with E-state index < -0.39 is 0 Å². The first-order chi connectivity index (χ1) is 28.7. The molecule has 13 heteroatoms. The molecule has 6 aromatic rings. The van der Waals surface area contributed by atoms with Gasteiger partial charge in [-0.1, -0.05) is 24.3 Å². The van der Waals surface area contributed by atoms with Crippen LogP contribution in [0.2, 0.25) is 0 Å². The summed E-state index contributed by atoms with van der Waals surface area (Å²) in [4.78, 5) is 52.6. The zero-order valence-corrected chi connectivity index (χ0v) is 34.4. The maximum Gasteiger partial charge on any atom is 0.178 e. The molecule has 13 nitrogen and oxygen atoms in total. The maximum absolute atomic E-state index is 12.6. The Morgan fingerprint density at radius 1 is 0.661 bits per heavy atom. The summed E-state index contributed by atoms with van der Waals surface area (Å²) in [6, 6.07) is 20.1. The number of carbonyl (C=O) groups is 2. The fraction of sp³-hybridized carbons (Fsp3) is 0.348. The predicted octanol–water partition coefficient (Wildman–Crippen LogP) is 5.61. The van der Waals surface area contributed by atoms with Gasteiger partial charge in [-0.2, -0.15) is 0 Å². The van der Waals surface area contributed by atoms with Gasteiger partial charge in [-0.15, -0.1) is 0 Å². The van der Waals surface area contributed by atoms with Crippen LogP contribution >= 0.6 is 0 Å². The summed E-state index contributed by atoms with van der Waals surface area (Å²) in [7, 11) is 4.32. The van der Waals surface area contributed by atoms with Gasteiger partial charge in [0.25, 0.3) is 0 Å². The number of anilines is 2. The van der Waals surface area contributed by atoms with Gasteiger partial charge in [-0.25, -0.2) is 9.97 Å². The lowest BCUT2D eigenvalue weighted by molar-refractivity contribution is -0.121. The summed E-state index contributed by atoms with van der Waals surface area (Å²) in [6.45, 7) is 12.2. The second-order valence-electron chi connectivity index (χ2n) is 15.8. The van der Waals surface area contributed by atoms with Crippen LogP contribution in [0.1, 0.15) is 58.8 Å². The Bertz CT molecular complexity index is 2490. The number of nitrogens with zero attached hydrogens (tertiary/aromatic N) is 10. The number of imidazole rings is 2. The lowest BCUT2D eigenvalue weighted by Crippen LogP contribution is -2.45. The Balaban J connectivity index is 0.000000164. The molecule has 3 aliphatic heterocycles. The summed E-state index contributed by atoms with van der Waals surface area (Å²) in [5.41, 5.74) is 7.40. The molecule has 2 unspecified atom stereocenters. The Kier molecular flexibility index (Phi) is 12.0. The van der Waals surface area contributed by atoms with Gasteiger partial charge in [0.1, 0.15) is 28.7 Å². The van der Waals surface area contributed by atoms with Crippen molar-refractivity contribution in [1.82, 2.24) is 43.9 Å². The standard InChI is InChI=1S/C23H28N6O.C23H25N5O/c1-16-5-4-8-24-23(16)19-14-17(30)13-18(25-19)20-15-29-21(26-20)6-3-7-22(29)28-11-9-27(2)10-12-28;1-18-5-4-12-24-21(18)11-10-20(29)9-8-19-17-28-22(25-19)6-3-7-23(28)27-15-13-26(2)14-16-27/h3-8,15,18-19,25H,9-14H2,1-2H3;3-12,17H,13-16H2,1-2H3/b;9-8+,11-10+. The Hall–Kier alpha value is -6.02. The maximum atomic E-state index is 12.6. The van der Waals surface area contributed by atoms with Gasteiger partial charge in [-0.3, -0.25) is 33.7 Å². The summed E-state index contributed by atoms with van der Waals surface area (Å²) in [5, 5.41) is 3.64. The molecule has 59 heavy (non-hydrogen) atoms. The second kappa shape index (κ2) is 17.9. The molecule has 0 radical (unpaired) electrons. The van der Waals surface area contributed by atoms with Crippen LogP contribution in [-0.4, -0.2) is 117 Å². The van der Waals surface area contributed by atoms with Gasteiger partial charge in [0.2, 0.25) is 0 Å². The smallest absolute Gasteiger partial charge is 0.178 e. The summed E-state index contributed by atoms with van der Waals surface area (Å²) in [5.74, 6) is 2.47. The number of aromatic nitrogens is 6. The molecule has 3 fully saturated rings. The second-order valence-corrected chi connectivity index (χ2v) is 15.8. The molecule has 9 rings (SSSR count). The van der Waals surface area contributed by atoms with Crippen molar-refractivity contribution in [3.8, 4) is 0 Å². The molecule has 0 aliphatic carbocycles. The van der Waals surface area contributed by atoms with Crippen molar-refractivity contribution in [2.24, 2.45) is 0 Å². The number of carbonyl (C=O) groups excluding carboxylic acids is 2. The number of hydrogen-bond acceptors (Lipinski definition) is 11. The van der Waals surface area contributed by atoms with Crippen LogP contribution in [-0.2, 0) is 9.59 Å². The summed E-state index contributed by atoms with van der Waals surface area (Å²) >= 11 is 0. The molecular weight excluding hydrogens is 739 g/mol. The number of piperazine rings is 2. The van der Waals surface area contributed by atoms with Gasteiger partial charge >= 0.3 is 0 Å². The number of piperidine rings is 1. The monoisotopic (exact) mass is 791 g/mol. The molecular formula is C46H53N11O2. The average molecular weight is 792 g/mol. The van der Waals surface area contributed by atoms with E-state index in [1.165, 1.54) is 11.9 Å². The van der Waals surface area contributed by atoms with Crippen molar-refractivity contribution in [3.05, 3.63) is 132 Å². The molecule has 3 aliphatic rings. The van der Waals surface area contributed by atoms with E-state index in [0.29, 0.717) is 12.8 Å². The van der Waals surface area contributed by atoms with E-state index in [1.54, 1.807) is 30.6 Å². The van der Waals surface area contributed by atoms with Crippen LogP contribution in [0, 0.1) is 13.8 Å². The van der Waals surface area contributed by atoms with E-state index in [0.717, 1.165) is 103 Å². The molecule has 0 saturated carbocycles. The Morgan fingerprint density at radius 2 is 1.24 bits per heavy atom. The number of rotatable bonds is 8. The third kappa shape index (κ3) is 9.33. The minimum Gasteiger partial charge on any atom is -0.355 e. The first-order valence-electron chi connectivity index (χ1n) is 20.5. The number of fused-ring (bicyclic) bond motifs is 2. The molecule has 0 amide bonds. The minimum absolute atomic E-state index is 0.0700. The third-order valence-corrected chi connectivity index (χ3v) is 11.5. The van der Waals surface area contributed by atoms with E-state index in [9.17, 15) is 9.59 Å². The highest BCUT2D eigenvalue weighted by Gasteiger charge is 2.32. The van der Waals surface area contributed by atoms with Crippen molar-refractivity contribution in [3.63, 3.8) is 0 Å². The van der Waals surface area contributed by atoms with E-state index in [1.807, 2.05) is 62.5 Å². The fourth-order valence-corrected chi connectivity index (χ4v) is 8.05. The topological polar surface area (TPSA) is 120 Å². The quantitative estimate of drug-likeness (QED) is 0.194. The lowest BCUT2D eigenvalue weighted by Gasteiger charge is -2.34. The predicted molar refractivity (Wildman–Crippen MR) is 234 cm³/mol. The van der Waals surface area contributed by atoms with E-state index >= 15 is 0 Å². The normalized spacial score (nSPS) is 19.6. The van der Waals surface area contributed by atoms with Crippen molar-refractivity contribution in [2.45, 2.75) is 38.8 Å². The van der Waals surface area contributed by atoms with Crippen molar-refractivity contribution < 1.29 is 9.59 Å². The molecule has 6 aromatic heterocycles. The zero-order chi connectivity index (χ0) is 40.9. The summed E-state index contributed by atoms with van der Waals surface area (Å²) in [6.07, 6.45) is 15.2. The highest BCUT2D eigenvalue weighted by molar-refractivity contribution is 6.04. The van der Waals surface area contributed by atoms with Crippen LogP contribution < -0.4 is 15.1 Å². The molecule has 0 spiro atoms. The van der Waals surface area contributed by atoms with Crippen LogP contribution in [0.15, 0.2) is 97.6 Å². The number of Topliss-reactive ketones (excluding diaryl/α,β-unsaturated/α-hetero) is 1. The minimum atomic E-state index is -0.0992. The van der Waals surface area contributed by atoms with Crippen molar-refractivity contribution in [1.29, 1.82) is 0 Å². The summed E-state index contributed by atoms with van der Waals surface area (Å²) < 4.78 is 4.27. The molecule has 1 N–H and O–H groups in total. The van der Waals surface area contributed by atoms with E-state index in [2.05, 4.69) is 87.2 Å². The number of pyridine rings is 4. The fourth-order valence-electron chi connectivity index (χ4n) is 8.05. The number of hydrogen-bond donors (Lipinski definition) is 1. The largest absolute Gasteiger partial charge is 0.355 e. The zero-order valence-electron chi connectivity index (χ0n) is 34.4. The first kappa shape index (κ1) is 39.8. The molecule has 0 bridgehead atoms. The van der Waals surface area contributed by atoms with Gasteiger partial charge < -0.3 is 19.6 Å². The third-order valence-electron chi connectivity index (χ3n) is 11.5. The first-order valence-corrected chi connectivity index (χ1v) is 20.5. The van der Waals surface area contributed by atoms with Gasteiger partial charge in [-0.05, 0) is 99.8 Å². The van der Waals surface area contributed by atoms with Gasteiger partial charge in [0, 0.05) is 90.0 Å². The number of aryl methyl sites for hydroxylation is 2. The van der Waals surface area contributed by atoms with Crippen LogP contribution in [0.4, 0.5) is 11.6 Å². The lowest BCUT2D eigenvalue weighted by atomic mass is 9.92. The molecule has 2 atom stereocenters. The van der Waals surface area contributed by atoms with Crippen LogP contribution in [0.3, 0.4) is 0 Å². The number of allylic oxidation sites excluding steroid dienone is 2. The van der Waals surface area contributed by atoms with E-state index in [-0.39, 0.29) is 23.7 Å². The van der Waals surface area contributed by atoms with Gasteiger partial charge in [0.15, 0.2) is 5.78 Å². The Labute approximate surface area is 345 Å². The number of nitrogens with one attached hydrogen (secondary N) is 1. The van der Waals surface area contributed by atoms with E-state index in [4.69, 9.17) is 4.98 Å².